The Balaban J connectivity index is 1.87. The Morgan fingerprint density at radius 3 is 2.74 bits per heavy atom. The number of imide groups is 1. The third-order valence-electron chi connectivity index (χ3n) is 5.39. The van der Waals surface area contributed by atoms with Gasteiger partial charge in [0.2, 0.25) is 5.91 Å². The molecule has 1 atom stereocenters. The van der Waals surface area contributed by atoms with Crippen molar-refractivity contribution in [3.63, 3.8) is 0 Å². The fourth-order valence-corrected chi connectivity index (χ4v) is 4.05. The van der Waals surface area contributed by atoms with Crippen molar-refractivity contribution in [3.8, 4) is 0 Å². The number of carbonyl (C=O) groups excluding carboxylic acids is 3. The normalized spacial score (nSPS) is 21.6. The molecule has 1 N–H and O–H groups in total. The van der Waals surface area contributed by atoms with Crippen molar-refractivity contribution >= 4 is 17.8 Å². The minimum atomic E-state index is -1.05. The van der Waals surface area contributed by atoms with Crippen LogP contribution < -0.4 is 5.32 Å². The van der Waals surface area contributed by atoms with Crippen LogP contribution in [0, 0.1) is 0 Å². The van der Waals surface area contributed by atoms with Gasteiger partial charge in [-0.05, 0) is 50.7 Å². The Labute approximate surface area is 160 Å². The monoisotopic (exact) mass is 369 g/mol. The van der Waals surface area contributed by atoms with Gasteiger partial charge in [0.15, 0.2) is 0 Å². The van der Waals surface area contributed by atoms with Gasteiger partial charge in [0, 0.05) is 13.1 Å². The minimum absolute atomic E-state index is 0.240. The minimum Gasteiger partial charge on any atom is -0.337 e. The number of urea groups is 1. The smallest absolute Gasteiger partial charge is 0.325 e. The highest BCUT2D eigenvalue weighted by atomic mass is 16.2. The molecular weight excluding hydrogens is 342 g/mol. The molecule has 1 spiro atoms. The summed E-state index contributed by atoms with van der Waals surface area (Å²) < 4.78 is 0. The highest BCUT2D eigenvalue weighted by molar-refractivity contribution is 6.09. The number of hydrogen-bond donors (Lipinski definition) is 1. The van der Waals surface area contributed by atoms with Crippen molar-refractivity contribution < 1.29 is 14.4 Å². The summed E-state index contributed by atoms with van der Waals surface area (Å²) in [7, 11) is 0. The third kappa shape index (κ3) is 3.48. The van der Waals surface area contributed by atoms with Gasteiger partial charge in [-0.1, -0.05) is 36.4 Å². The highest BCUT2D eigenvalue weighted by Gasteiger charge is 2.53. The first kappa shape index (κ1) is 19.1. The Kier molecular flexibility index (Phi) is 5.35. The van der Waals surface area contributed by atoms with Crippen LogP contribution in [0.3, 0.4) is 0 Å². The zero-order chi connectivity index (χ0) is 19.6. The molecule has 1 saturated heterocycles. The molecule has 1 aromatic rings. The van der Waals surface area contributed by atoms with Gasteiger partial charge in [0.05, 0.1) is 0 Å². The summed E-state index contributed by atoms with van der Waals surface area (Å²) in [5.41, 5.74) is 1.77. The molecule has 1 aliphatic heterocycles. The van der Waals surface area contributed by atoms with Crippen molar-refractivity contribution in [3.05, 3.63) is 47.5 Å². The summed E-state index contributed by atoms with van der Waals surface area (Å²) in [5, 5.41) is 2.92. The second-order valence-corrected chi connectivity index (χ2v) is 7.46. The number of fused-ring (bicyclic) bond motifs is 2. The number of amides is 4. The molecule has 1 heterocycles. The zero-order valence-corrected chi connectivity index (χ0v) is 16.1. The van der Waals surface area contributed by atoms with Crippen LogP contribution in [0.2, 0.25) is 0 Å². The maximum atomic E-state index is 13.3. The van der Waals surface area contributed by atoms with E-state index in [1.165, 1.54) is 0 Å². The number of benzene rings is 1. The van der Waals surface area contributed by atoms with Gasteiger partial charge in [-0.2, -0.15) is 0 Å². The van der Waals surface area contributed by atoms with Gasteiger partial charge in [0.25, 0.3) is 5.91 Å². The van der Waals surface area contributed by atoms with Crippen LogP contribution in [-0.2, 0) is 21.5 Å². The molecular formula is C21H27N3O3. The molecule has 27 heavy (non-hydrogen) atoms. The Bertz CT molecular complexity index is 789. The summed E-state index contributed by atoms with van der Waals surface area (Å²) in [4.78, 5) is 41.3. The third-order valence-corrected chi connectivity index (χ3v) is 5.39. The summed E-state index contributed by atoms with van der Waals surface area (Å²) in [5.74, 6) is -0.565. The molecule has 2 aliphatic rings. The molecule has 0 saturated carbocycles. The second kappa shape index (κ2) is 7.55. The van der Waals surface area contributed by atoms with Gasteiger partial charge in [0.1, 0.15) is 12.1 Å². The van der Waals surface area contributed by atoms with Crippen molar-refractivity contribution in [1.29, 1.82) is 0 Å². The van der Waals surface area contributed by atoms with E-state index in [-0.39, 0.29) is 18.4 Å². The molecule has 1 fully saturated rings. The zero-order valence-electron chi connectivity index (χ0n) is 16.1. The maximum Gasteiger partial charge on any atom is 0.325 e. The lowest BCUT2D eigenvalue weighted by Crippen LogP contribution is -2.46. The Hall–Kier alpha value is -2.63. The van der Waals surface area contributed by atoms with Gasteiger partial charge in [-0.15, -0.1) is 0 Å². The van der Waals surface area contributed by atoms with E-state index in [1.807, 2.05) is 38.1 Å². The average molecular weight is 369 g/mol. The van der Waals surface area contributed by atoms with Crippen molar-refractivity contribution in [2.75, 3.05) is 19.6 Å². The fourth-order valence-electron chi connectivity index (χ4n) is 4.05. The molecule has 6 heteroatoms. The number of carbonyl (C=O) groups is 3. The van der Waals surface area contributed by atoms with E-state index < -0.39 is 11.6 Å². The summed E-state index contributed by atoms with van der Waals surface area (Å²) in [6.07, 6.45) is 3.27. The topological polar surface area (TPSA) is 69.7 Å². The molecule has 144 valence electrons. The Morgan fingerprint density at radius 1 is 1.30 bits per heavy atom. The lowest BCUT2D eigenvalue weighted by atomic mass is 9.84. The van der Waals surface area contributed by atoms with Crippen LogP contribution in [-0.4, -0.2) is 47.3 Å². The van der Waals surface area contributed by atoms with E-state index in [0.717, 1.165) is 40.9 Å². The SMILES string of the molecule is C=C(C)CN(CC)C(=O)CN1C(=O)NC2(CCCCc3ccccc32)C1=O. The first-order valence-corrected chi connectivity index (χ1v) is 9.53. The highest BCUT2D eigenvalue weighted by Crippen LogP contribution is 2.38. The van der Waals surface area contributed by atoms with Gasteiger partial charge < -0.3 is 10.2 Å². The van der Waals surface area contributed by atoms with Crippen LogP contribution in [0.15, 0.2) is 36.4 Å². The fraction of sp³-hybridized carbons (Fsp3) is 0.476. The lowest BCUT2D eigenvalue weighted by molar-refractivity contribution is -0.139. The van der Waals surface area contributed by atoms with Crippen LogP contribution in [0.4, 0.5) is 4.79 Å². The van der Waals surface area contributed by atoms with E-state index in [4.69, 9.17) is 0 Å². The number of hydrogen-bond acceptors (Lipinski definition) is 3. The number of nitrogens with one attached hydrogen (secondary N) is 1. The number of aryl methyl sites for hydroxylation is 1. The van der Waals surface area contributed by atoms with Crippen molar-refractivity contribution in [2.24, 2.45) is 0 Å². The molecule has 1 aliphatic carbocycles. The van der Waals surface area contributed by atoms with Gasteiger partial charge >= 0.3 is 6.03 Å². The Morgan fingerprint density at radius 2 is 2.04 bits per heavy atom. The molecule has 0 radical (unpaired) electrons. The largest absolute Gasteiger partial charge is 0.337 e. The summed E-state index contributed by atoms with van der Waals surface area (Å²) >= 11 is 0. The van der Waals surface area contributed by atoms with Gasteiger partial charge in [-0.3, -0.25) is 14.5 Å². The number of likely N-dealkylation sites (N-methyl/N-ethyl adjacent to an activating group) is 1. The molecule has 6 nitrogen and oxygen atoms in total. The molecule has 0 bridgehead atoms. The number of nitrogens with zero attached hydrogens (tertiary/aromatic N) is 2. The van der Waals surface area contributed by atoms with Crippen molar-refractivity contribution in [2.45, 2.75) is 45.1 Å². The standard InChI is InChI=1S/C21H27N3O3/c1-4-23(13-15(2)3)18(25)14-24-19(26)21(22-20(24)27)12-8-7-10-16-9-5-6-11-17(16)21/h5-6,9,11H,2,4,7-8,10,12-14H2,1,3H3,(H,22,27). The van der Waals surface area contributed by atoms with E-state index in [1.54, 1.807) is 4.90 Å². The average Bonchev–Trinajstić information content (AvgIpc) is 2.79. The molecule has 3 rings (SSSR count). The first-order valence-electron chi connectivity index (χ1n) is 9.53. The maximum absolute atomic E-state index is 13.3. The van der Waals surface area contributed by atoms with E-state index >= 15 is 0 Å². The predicted octanol–water partition coefficient (Wildman–Crippen LogP) is 2.58. The van der Waals surface area contributed by atoms with Crippen molar-refractivity contribution in [1.82, 2.24) is 15.1 Å². The number of rotatable bonds is 5. The first-order chi connectivity index (χ1) is 12.9. The van der Waals surface area contributed by atoms with Gasteiger partial charge in [-0.25, -0.2) is 4.79 Å². The van der Waals surface area contributed by atoms with Crippen LogP contribution in [0.5, 0.6) is 0 Å². The van der Waals surface area contributed by atoms with Crippen LogP contribution in [0.1, 0.15) is 44.2 Å². The quantitative estimate of drug-likeness (QED) is 0.641. The lowest BCUT2D eigenvalue weighted by Gasteiger charge is -2.28. The second-order valence-electron chi connectivity index (χ2n) is 7.46. The molecule has 1 aromatic carbocycles. The molecule has 4 amide bonds. The van der Waals surface area contributed by atoms with E-state index in [2.05, 4.69) is 11.9 Å². The van der Waals surface area contributed by atoms with E-state index in [0.29, 0.717) is 19.5 Å². The van der Waals surface area contributed by atoms with Crippen LogP contribution in [0.25, 0.3) is 0 Å². The predicted molar refractivity (Wildman–Crippen MR) is 103 cm³/mol. The summed E-state index contributed by atoms with van der Waals surface area (Å²) in [6, 6.07) is 7.30. The van der Waals surface area contributed by atoms with E-state index in [9.17, 15) is 14.4 Å². The summed E-state index contributed by atoms with van der Waals surface area (Å²) in [6.45, 7) is 8.24. The molecule has 1 unspecified atom stereocenters. The van der Waals surface area contributed by atoms with Crippen LogP contribution >= 0.6 is 0 Å². The molecule has 0 aromatic heterocycles.